The van der Waals surface area contributed by atoms with Crippen LogP contribution in [0.15, 0.2) is 30.3 Å². The minimum Gasteiger partial charge on any atom is -0.496 e. The van der Waals surface area contributed by atoms with Crippen LogP contribution in [0.3, 0.4) is 0 Å². The maximum atomic E-state index is 13.5. The molecule has 1 unspecified atom stereocenters. The third-order valence-electron chi connectivity index (χ3n) is 5.72. The smallest absolute Gasteiger partial charge is 0.414 e. The van der Waals surface area contributed by atoms with E-state index in [1.165, 1.54) is 0 Å². The summed E-state index contributed by atoms with van der Waals surface area (Å²) in [5.41, 5.74) is 5.07. The van der Waals surface area contributed by atoms with E-state index in [-0.39, 0.29) is 18.0 Å². The summed E-state index contributed by atoms with van der Waals surface area (Å²) in [6.07, 6.45) is 0.331. The lowest BCUT2D eigenvalue weighted by Crippen LogP contribution is -2.53. The van der Waals surface area contributed by atoms with E-state index in [0.717, 1.165) is 28.1 Å². The monoisotopic (exact) mass is 410 g/mol. The predicted octanol–water partition coefficient (Wildman–Crippen LogP) is 5.02. The number of carbonyl (C=O) groups excluding carboxylic acids is 2. The van der Waals surface area contributed by atoms with E-state index in [2.05, 4.69) is 0 Å². The number of ether oxygens (including phenoxy) is 2. The highest BCUT2D eigenvalue weighted by Gasteiger charge is 2.37. The predicted molar refractivity (Wildman–Crippen MR) is 119 cm³/mol. The topological polar surface area (TPSA) is 59.1 Å². The number of fused-ring (bicyclic) bond motifs is 1. The van der Waals surface area contributed by atoms with Crippen LogP contribution in [0.4, 0.5) is 16.2 Å². The number of rotatable bonds is 4. The standard InChI is InChI=1S/C24H30N2O4/c1-7-19-14-25(23(27)18-9-10-22(29-6)17(5)11-18)20-12-15(3)16(4)13-21(20)26(19)24(28)30-8-2/h9-13,19H,7-8,14H2,1-6H3. The molecular formula is C24H30N2O4. The molecule has 0 aliphatic carbocycles. The molecule has 1 heterocycles. The van der Waals surface area contributed by atoms with Gasteiger partial charge in [0.1, 0.15) is 5.75 Å². The molecule has 0 saturated carbocycles. The lowest BCUT2D eigenvalue weighted by molar-refractivity contribution is 0.0981. The third kappa shape index (κ3) is 3.86. The second kappa shape index (κ2) is 8.78. The highest BCUT2D eigenvalue weighted by molar-refractivity contribution is 6.10. The van der Waals surface area contributed by atoms with Gasteiger partial charge >= 0.3 is 6.09 Å². The molecule has 1 aliphatic heterocycles. The second-order valence-corrected chi connectivity index (χ2v) is 7.66. The van der Waals surface area contributed by atoms with Crippen LogP contribution in [-0.2, 0) is 4.74 Å². The number of amides is 2. The number of methoxy groups -OCH3 is 1. The van der Waals surface area contributed by atoms with Gasteiger partial charge in [-0.15, -0.1) is 0 Å². The van der Waals surface area contributed by atoms with Crippen molar-refractivity contribution < 1.29 is 19.1 Å². The summed E-state index contributed by atoms with van der Waals surface area (Å²) in [4.78, 5) is 29.8. The zero-order valence-electron chi connectivity index (χ0n) is 18.6. The van der Waals surface area contributed by atoms with Gasteiger partial charge < -0.3 is 14.4 Å². The number of hydrogen-bond acceptors (Lipinski definition) is 4. The molecule has 0 N–H and O–H groups in total. The molecule has 1 aliphatic rings. The van der Waals surface area contributed by atoms with Gasteiger partial charge in [0.05, 0.1) is 31.1 Å². The van der Waals surface area contributed by atoms with Crippen molar-refractivity contribution in [2.24, 2.45) is 0 Å². The second-order valence-electron chi connectivity index (χ2n) is 7.66. The van der Waals surface area contributed by atoms with E-state index in [1.807, 2.05) is 52.0 Å². The minimum atomic E-state index is -0.374. The van der Waals surface area contributed by atoms with Crippen molar-refractivity contribution in [3.63, 3.8) is 0 Å². The zero-order chi connectivity index (χ0) is 22.0. The summed E-state index contributed by atoms with van der Waals surface area (Å²) in [6, 6.07) is 9.24. The Kier molecular flexibility index (Phi) is 6.34. The summed E-state index contributed by atoms with van der Waals surface area (Å²) in [7, 11) is 1.62. The molecule has 0 spiro atoms. The van der Waals surface area contributed by atoms with Crippen LogP contribution in [0, 0.1) is 20.8 Å². The fraction of sp³-hybridized carbons (Fsp3) is 0.417. The third-order valence-corrected chi connectivity index (χ3v) is 5.72. The number of benzene rings is 2. The fourth-order valence-corrected chi connectivity index (χ4v) is 3.89. The Balaban J connectivity index is 2.10. The SMILES string of the molecule is CCOC(=O)N1c2cc(C)c(C)cc2N(C(=O)c2ccc(OC)c(C)c2)CC1CC. The fourth-order valence-electron chi connectivity index (χ4n) is 3.89. The molecule has 0 aromatic heterocycles. The number of nitrogens with zero attached hydrogens (tertiary/aromatic N) is 2. The lowest BCUT2D eigenvalue weighted by Gasteiger charge is -2.42. The van der Waals surface area contributed by atoms with Crippen molar-refractivity contribution in [2.75, 3.05) is 30.1 Å². The van der Waals surface area contributed by atoms with E-state index >= 15 is 0 Å². The van der Waals surface area contributed by atoms with Crippen LogP contribution in [0.25, 0.3) is 0 Å². The molecule has 6 nitrogen and oxygen atoms in total. The maximum absolute atomic E-state index is 13.5. The summed E-state index contributed by atoms with van der Waals surface area (Å²) in [5, 5.41) is 0. The van der Waals surface area contributed by atoms with Gasteiger partial charge in [-0.1, -0.05) is 6.92 Å². The maximum Gasteiger partial charge on any atom is 0.414 e. The molecule has 2 aromatic rings. The first-order chi connectivity index (χ1) is 14.3. The van der Waals surface area contributed by atoms with Gasteiger partial charge in [0, 0.05) is 12.1 Å². The Morgan fingerprint density at radius 3 is 2.23 bits per heavy atom. The molecule has 30 heavy (non-hydrogen) atoms. The number of aryl methyl sites for hydroxylation is 3. The van der Waals surface area contributed by atoms with Gasteiger partial charge in [0.15, 0.2) is 0 Å². The Morgan fingerprint density at radius 1 is 1.00 bits per heavy atom. The summed E-state index contributed by atoms with van der Waals surface area (Å²) >= 11 is 0. The molecule has 1 atom stereocenters. The van der Waals surface area contributed by atoms with E-state index in [4.69, 9.17) is 9.47 Å². The first-order valence-electron chi connectivity index (χ1n) is 10.4. The highest BCUT2D eigenvalue weighted by atomic mass is 16.6. The van der Waals surface area contributed by atoms with Crippen LogP contribution in [-0.4, -0.2) is 38.3 Å². The molecule has 2 aromatic carbocycles. The van der Waals surface area contributed by atoms with E-state index in [1.54, 1.807) is 29.9 Å². The van der Waals surface area contributed by atoms with Crippen molar-refractivity contribution in [3.05, 3.63) is 52.6 Å². The van der Waals surface area contributed by atoms with Crippen LogP contribution < -0.4 is 14.5 Å². The largest absolute Gasteiger partial charge is 0.496 e. The van der Waals surface area contributed by atoms with E-state index in [0.29, 0.717) is 30.8 Å². The van der Waals surface area contributed by atoms with Gasteiger partial charge in [0.2, 0.25) is 0 Å². The van der Waals surface area contributed by atoms with E-state index < -0.39 is 0 Å². The van der Waals surface area contributed by atoms with Crippen molar-refractivity contribution in [2.45, 2.75) is 47.1 Å². The Hall–Kier alpha value is -3.02. The molecule has 0 bridgehead atoms. The van der Waals surface area contributed by atoms with Crippen LogP contribution in [0.1, 0.15) is 47.3 Å². The van der Waals surface area contributed by atoms with Crippen molar-refractivity contribution in [1.29, 1.82) is 0 Å². The molecule has 3 rings (SSSR count). The van der Waals surface area contributed by atoms with Gasteiger partial charge in [-0.05, 0) is 81.1 Å². The zero-order valence-corrected chi connectivity index (χ0v) is 18.6. The highest BCUT2D eigenvalue weighted by Crippen LogP contribution is 2.39. The van der Waals surface area contributed by atoms with Crippen molar-refractivity contribution >= 4 is 23.4 Å². The van der Waals surface area contributed by atoms with Gasteiger partial charge in [-0.2, -0.15) is 0 Å². The Morgan fingerprint density at radius 2 is 1.67 bits per heavy atom. The average Bonchev–Trinajstić information content (AvgIpc) is 2.73. The minimum absolute atomic E-state index is 0.0905. The molecule has 0 radical (unpaired) electrons. The Labute approximate surface area is 178 Å². The average molecular weight is 411 g/mol. The molecule has 160 valence electrons. The molecule has 2 amide bonds. The molecule has 6 heteroatoms. The summed E-state index contributed by atoms with van der Waals surface area (Å²) in [6.45, 7) is 10.5. The van der Waals surface area contributed by atoms with Gasteiger partial charge in [0.25, 0.3) is 5.91 Å². The first kappa shape index (κ1) is 21.7. The van der Waals surface area contributed by atoms with Crippen molar-refractivity contribution in [1.82, 2.24) is 0 Å². The normalized spacial score (nSPS) is 15.6. The van der Waals surface area contributed by atoms with E-state index in [9.17, 15) is 9.59 Å². The van der Waals surface area contributed by atoms with Crippen LogP contribution in [0.2, 0.25) is 0 Å². The number of carbonyl (C=O) groups is 2. The van der Waals surface area contributed by atoms with Crippen LogP contribution in [0.5, 0.6) is 5.75 Å². The van der Waals surface area contributed by atoms with Crippen molar-refractivity contribution in [3.8, 4) is 5.75 Å². The molecular weight excluding hydrogens is 380 g/mol. The molecule has 0 fully saturated rings. The number of hydrogen-bond donors (Lipinski definition) is 0. The summed E-state index contributed by atoms with van der Waals surface area (Å²) < 4.78 is 10.7. The quantitative estimate of drug-likeness (QED) is 0.710. The summed E-state index contributed by atoms with van der Waals surface area (Å²) in [5.74, 6) is 0.657. The van der Waals surface area contributed by atoms with Gasteiger partial charge in [-0.25, -0.2) is 4.79 Å². The first-order valence-corrected chi connectivity index (χ1v) is 10.4. The molecule has 0 saturated heterocycles. The lowest BCUT2D eigenvalue weighted by atomic mass is 9.99. The van der Waals surface area contributed by atoms with Gasteiger partial charge in [-0.3, -0.25) is 9.69 Å². The number of anilines is 2. The Bertz CT molecular complexity index is 970. The van der Waals surface area contributed by atoms with Crippen LogP contribution >= 0.6 is 0 Å².